The molecule has 0 saturated carbocycles. The summed E-state index contributed by atoms with van der Waals surface area (Å²) in [6.07, 6.45) is 7.00. The number of carbonyl (C=O) groups excluding carboxylic acids is 1. The Bertz CT molecular complexity index is 1540. The minimum Gasteiger partial charge on any atom is -0.400 e. The number of aliphatic hydroxyl groups is 2. The smallest absolute Gasteiger partial charge is 0.262 e. The number of nitrogens with one attached hydrogen (secondary N) is 1. The summed E-state index contributed by atoms with van der Waals surface area (Å²) in [5.41, 5.74) is 1.42. The summed E-state index contributed by atoms with van der Waals surface area (Å²) in [7, 11) is 1.00. The van der Waals surface area contributed by atoms with Crippen molar-refractivity contribution in [2.45, 2.75) is 104 Å². The van der Waals surface area contributed by atoms with Crippen molar-refractivity contribution in [3.63, 3.8) is 0 Å². The first-order valence-electron chi connectivity index (χ1n) is 16.9. The van der Waals surface area contributed by atoms with Crippen LogP contribution in [0.25, 0.3) is 16.8 Å². The SMILES string of the molecule is CCCN(CCC)c1ccc2cc(/C=C(\C#N)C(=O)NC(C)(C)CCOC(C)(C)c3cn(CC4CC(O)CCO4)nn3)ccc2c1.CO. The van der Waals surface area contributed by atoms with E-state index in [4.69, 9.17) is 14.6 Å². The van der Waals surface area contributed by atoms with Crippen LogP contribution in [0.3, 0.4) is 0 Å². The molecular formula is C37H54N6O5. The van der Waals surface area contributed by atoms with Gasteiger partial charge < -0.3 is 29.9 Å². The molecule has 3 aromatic rings. The number of carbonyl (C=O) groups is 1. The van der Waals surface area contributed by atoms with Gasteiger partial charge in [0.2, 0.25) is 0 Å². The second kappa shape index (κ2) is 18.1. The highest BCUT2D eigenvalue weighted by Crippen LogP contribution is 2.26. The lowest BCUT2D eigenvalue weighted by atomic mass is 9.99. The van der Waals surface area contributed by atoms with E-state index >= 15 is 0 Å². The number of fused-ring (bicyclic) bond motifs is 1. The van der Waals surface area contributed by atoms with Crippen molar-refractivity contribution < 1.29 is 24.5 Å². The van der Waals surface area contributed by atoms with E-state index in [0.29, 0.717) is 44.7 Å². The molecule has 48 heavy (non-hydrogen) atoms. The Morgan fingerprint density at radius 2 is 1.83 bits per heavy atom. The molecule has 1 aliphatic rings. The molecule has 4 rings (SSSR count). The highest BCUT2D eigenvalue weighted by molar-refractivity contribution is 6.02. The van der Waals surface area contributed by atoms with Gasteiger partial charge in [0, 0.05) is 44.5 Å². The van der Waals surface area contributed by atoms with E-state index in [1.807, 2.05) is 52.1 Å². The predicted octanol–water partition coefficient (Wildman–Crippen LogP) is 5.35. The third kappa shape index (κ3) is 11.1. The summed E-state index contributed by atoms with van der Waals surface area (Å²) in [4.78, 5) is 15.6. The van der Waals surface area contributed by atoms with Gasteiger partial charge in [0.25, 0.3) is 5.91 Å². The number of anilines is 1. The molecule has 0 radical (unpaired) electrons. The highest BCUT2D eigenvalue weighted by Gasteiger charge is 2.29. The number of nitriles is 1. The van der Waals surface area contributed by atoms with E-state index in [0.717, 1.165) is 49.4 Å². The van der Waals surface area contributed by atoms with Crippen LogP contribution in [0, 0.1) is 11.3 Å². The molecule has 0 aliphatic carbocycles. The van der Waals surface area contributed by atoms with E-state index < -0.39 is 17.0 Å². The zero-order valence-corrected chi connectivity index (χ0v) is 29.7. The second-order valence-electron chi connectivity index (χ2n) is 13.4. The lowest BCUT2D eigenvalue weighted by Crippen LogP contribution is -2.45. The van der Waals surface area contributed by atoms with E-state index in [9.17, 15) is 15.2 Å². The van der Waals surface area contributed by atoms with Gasteiger partial charge in [-0.2, -0.15) is 5.26 Å². The third-order valence-corrected chi connectivity index (χ3v) is 8.40. The van der Waals surface area contributed by atoms with Crippen molar-refractivity contribution in [1.82, 2.24) is 20.3 Å². The topological polar surface area (TPSA) is 146 Å². The molecule has 0 bridgehead atoms. The molecule has 262 valence electrons. The summed E-state index contributed by atoms with van der Waals surface area (Å²) < 4.78 is 13.7. The maximum absolute atomic E-state index is 13.2. The Morgan fingerprint density at radius 1 is 1.15 bits per heavy atom. The molecule has 2 aromatic carbocycles. The Labute approximate surface area is 285 Å². The van der Waals surface area contributed by atoms with Gasteiger partial charge in [0.15, 0.2) is 0 Å². The van der Waals surface area contributed by atoms with Crippen LogP contribution >= 0.6 is 0 Å². The summed E-state index contributed by atoms with van der Waals surface area (Å²) in [5, 5.41) is 40.5. The van der Waals surface area contributed by atoms with Gasteiger partial charge in [-0.1, -0.05) is 37.3 Å². The van der Waals surface area contributed by atoms with Crippen LogP contribution in [-0.2, 0) is 26.4 Å². The van der Waals surface area contributed by atoms with Crippen molar-refractivity contribution in [2.75, 3.05) is 38.3 Å². The van der Waals surface area contributed by atoms with Gasteiger partial charge in [-0.25, -0.2) is 4.68 Å². The molecule has 2 heterocycles. The minimum atomic E-state index is -0.704. The van der Waals surface area contributed by atoms with Crippen molar-refractivity contribution >= 4 is 28.4 Å². The first-order chi connectivity index (χ1) is 22.9. The molecule has 1 saturated heterocycles. The monoisotopic (exact) mass is 662 g/mol. The first-order valence-corrected chi connectivity index (χ1v) is 16.9. The summed E-state index contributed by atoms with van der Waals surface area (Å²) in [6.45, 7) is 15.5. The maximum atomic E-state index is 13.2. The molecule has 2 unspecified atom stereocenters. The molecule has 1 aromatic heterocycles. The van der Waals surface area contributed by atoms with Gasteiger partial charge in [-0.05, 0) is 94.0 Å². The summed E-state index contributed by atoms with van der Waals surface area (Å²) in [6, 6.07) is 14.5. The highest BCUT2D eigenvalue weighted by atomic mass is 16.5. The Balaban J connectivity index is 0.00000307. The zero-order chi connectivity index (χ0) is 35.3. The number of aliphatic hydroxyl groups excluding tert-OH is 2. The van der Waals surface area contributed by atoms with Crippen LogP contribution < -0.4 is 10.2 Å². The van der Waals surface area contributed by atoms with Crippen LogP contribution in [0.5, 0.6) is 0 Å². The number of amides is 1. The van der Waals surface area contributed by atoms with Crippen LogP contribution in [-0.4, -0.2) is 82.3 Å². The number of aromatic nitrogens is 3. The van der Waals surface area contributed by atoms with Crippen LogP contribution in [0.15, 0.2) is 48.2 Å². The average Bonchev–Trinajstić information content (AvgIpc) is 3.53. The van der Waals surface area contributed by atoms with Crippen molar-refractivity contribution in [2.24, 2.45) is 0 Å². The van der Waals surface area contributed by atoms with Crippen molar-refractivity contribution in [3.8, 4) is 6.07 Å². The van der Waals surface area contributed by atoms with Gasteiger partial charge in [-0.3, -0.25) is 4.79 Å². The molecular weight excluding hydrogens is 608 g/mol. The molecule has 3 N–H and O–H groups in total. The number of hydrogen-bond acceptors (Lipinski definition) is 9. The first kappa shape index (κ1) is 38.6. The molecule has 11 nitrogen and oxygen atoms in total. The fourth-order valence-electron chi connectivity index (χ4n) is 5.70. The van der Waals surface area contributed by atoms with E-state index in [2.05, 4.69) is 58.6 Å². The molecule has 1 aliphatic heterocycles. The fraction of sp³-hybridized carbons (Fsp3) is 0.568. The Kier molecular flexibility index (Phi) is 14.6. The molecule has 2 atom stereocenters. The standard InChI is InChI=1S/C36H50N6O4.CH4O/c1-7-15-41(16-8-2)30-12-11-27-19-26(9-10-28(27)21-30)20-29(23-37)34(44)38-35(3,4)14-18-46-36(5,6)33-25-42(40-39-33)24-32-22-31(43)13-17-45-32;1-2/h9-12,19-21,25,31-32,43H,7-8,13-18,22,24H2,1-6H3,(H,38,44);2H,1H3/b29-20+;. The minimum absolute atomic E-state index is 0.0495. The van der Waals surface area contributed by atoms with Crippen molar-refractivity contribution in [3.05, 3.63) is 59.4 Å². The number of nitrogens with zero attached hydrogens (tertiary/aromatic N) is 5. The van der Waals surface area contributed by atoms with Gasteiger partial charge in [-0.15, -0.1) is 5.10 Å². The van der Waals surface area contributed by atoms with Crippen LogP contribution in [0.4, 0.5) is 5.69 Å². The quantitative estimate of drug-likeness (QED) is 0.145. The van der Waals surface area contributed by atoms with Crippen LogP contribution in [0.2, 0.25) is 0 Å². The van der Waals surface area contributed by atoms with Crippen molar-refractivity contribution in [1.29, 1.82) is 5.26 Å². The molecule has 0 spiro atoms. The van der Waals surface area contributed by atoms with E-state index in [1.54, 1.807) is 10.8 Å². The third-order valence-electron chi connectivity index (χ3n) is 8.40. The normalized spacial score (nSPS) is 17.0. The maximum Gasteiger partial charge on any atom is 0.262 e. The number of hydrogen-bond donors (Lipinski definition) is 3. The molecule has 11 heteroatoms. The van der Waals surface area contributed by atoms with Gasteiger partial charge in [0.1, 0.15) is 22.9 Å². The predicted molar refractivity (Wildman–Crippen MR) is 189 cm³/mol. The van der Waals surface area contributed by atoms with E-state index in [-0.39, 0.29) is 17.8 Å². The molecule has 1 amide bonds. The number of rotatable bonds is 15. The lowest BCUT2D eigenvalue weighted by Gasteiger charge is -2.29. The number of benzene rings is 2. The fourth-order valence-corrected chi connectivity index (χ4v) is 5.70. The Hall–Kier alpha value is -3.82. The average molecular weight is 663 g/mol. The van der Waals surface area contributed by atoms with Crippen LogP contribution in [0.1, 0.15) is 84.9 Å². The summed E-state index contributed by atoms with van der Waals surface area (Å²) >= 11 is 0. The lowest BCUT2D eigenvalue weighted by molar-refractivity contribution is -0.119. The van der Waals surface area contributed by atoms with Gasteiger partial charge in [0.05, 0.1) is 31.6 Å². The summed E-state index contributed by atoms with van der Waals surface area (Å²) in [5.74, 6) is -0.421. The number of ether oxygens (including phenoxy) is 2. The largest absolute Gasteiger partial charge is 0.400 e. The Morgan fingerprint density at radius 3 is 2.50 bits per heavy atom. The van der Waals surface area contributed by atoms with E-state index in [1.165, 1.54) is 5.69 Å². The zero-order valence-electron chi connectivity index (χ0n) is 29.7. The molecule has 1 fully saturated rings. The van der Waals surface area contributed by atoms with Gasteiger partial charge >= 0.3 is 0 Å². The second-order valence-corrected chi connectivity index (χ2v) is 13.4.